The summed E-state index contributed by atoms with van der Waals surface area (Å²) >= 11 is 0. The fourth-order valence-electron chi connectivity index (χ4n) is 2.67. The van der Waals surface area contributed by atoms with Crippen molar-refractivity contribution in [2.24, 2.45) is 0 Å². The number of aliphatic hydroxyl groups is 1. The van der Waals surface area contributed by atoms with Crippen molar-refractivity contribution in [1.29, 1.82) is 0 Å². The molecule has 1 N–H and O–H groups in total. The van der Waals surface area contributed by atoms with Gasteiger partial charge in [-0.3, -0.25) is 0 Å². The molecule has 0 radical (unpaired) electrons. The van der Waals surface area contributed by atoms with Gasteiger partial charge in [-0.25, -0.2) is 8.42 Å². The SMILES string of the molecule is CCCCCC(O)CCCCCCCCCCCS(=O)(=O)[O-].[K+]. The third-order valence-electron chi connectivity index (χ3n) is 4.07. The monoisotopic (exact) mass is 374 g/mol. The molecule has 0 aliphatic carbocycles. The van der Waals surface area contributed by atoms with E-state index in [1.165, 1.54) is 38.5 Å². The van der Waals surface area contributed by atoms with Crippen molar-refractivity contribution in [3.05, 3.63) is 0 Å². The molecule has 0 aliphatic rings. The van der Waals surface area contributed by atoms with E-state index in [2.05, 4.69) is 6.92 Å². The van der Waals surface area contributed by atoms with E-state index in [0.29, 0.717) is 6.42 Å². The molecule has 1 atom stereocenters. The number of hydrogen-bond acceptors (Lipinski definition) is 4. The first-order chi connectivity index (χ1) is 10.5. The van der Waals surface area contributed by atoms with Gasteiger partial charge in [-0.05, 0) is 19.3 Å². The van der Waals surface area contributed by atoms with Crippen molar-refractivity contribution in [3.63, 3.8) is 0 Å². The zero-order valence-corrected chi connectivity index (χ0v) is 19.2. The Kier molecular flexibility index (Phi) is 21.3. The van der Waals surface area contributed by atoms with E-state index in [-0.39, 0.29) is 63.2 Å². The molecular weight excluding hydrogens is 339 g/mol. The first-order valence-electron chi connectivity index (χ1n) is 9.07. The summed E-state index contributed by atoms with van der Waals surface area (Å²) in [6.07, 6.45) is 14.8. The molecule has 0 amide bonds. The minimum absolute atomic E-state index is 0. The number of aliphatic hydroxyl groups excluding tert-OH is 1. The van der Waals surface area contributed by atoms with Crippen LogP contribution in [-0.2, 0) is 10.1 Å². The van der Waals surface area contributed by atoms with Gasteiger partial charge in [0, 0.05) is 5.75 Å². The third-order valence-corrected chi connectivity index (χ3v) is 4.86. The fourth-order valence-corrected chi connectivity index (χ4v) is 3.23. The minimum Gasteiger partial charge on any atom is -0.748 e. The van der Waals surface area contributed by atoms with Gasteiger partial charge in [0.2, 0.25) is 0 Å². The molecule has 0 saturated heterocycles. The van der Waals surface area contributed by atoms with Crippen LogP contribution in [0.1, 0.15) is 96.8 Å². The van der Waals surface area contributed by atoms with Crippen molar-refractivity contribution < 1.29 is 69.5 Å². The van der Waals surface area contributed by atoms with E-state index >= 15 is 0 Å². The van der Waals surface area contributed by atoms with Gasteiger partial charge < -0.3 is 9.66 Å². The molecular formula is C17H35KO4S. The molecule has 0 bridgehead atoms. The van der Waals surface area contributed by atoms with Crippen molar-refractivity contribution in [2.75, 3.05) is 5.75 Å². The summed E-state index contributed by atoms with van der Waals surface area (Å²) in [6, 6.07) is 0. The van der Waals surface area contributed by atoms with Crippen LogP contribution in [0.25, 0.3) is 0 Å². The van der Waals surface area contributed by atoms with Crippen LogP contribution >= 0.6 is 0 Å². The van der Waals surface area contributed by atoms with E-state index in [9.17, 15) is 18.1 Å². The molecule has 0 aromatic rings. The molecule has 0 saturated carbocycles. The number of unbranched alkanes of at least 4 members (excludes halogenated alkanes) is 10. The summed E-state index contributed by atoms with van der Waals surface area (Å²) in [7, 11) is -4.02. The molecule has 1 unspecified atom stereocenters. The first kappa shape index (κ1) is 26.7. The summed E-state index contributed by atoms with van der Waals surface area (Å²) < 4.78 is 31.2. The number of hydrogen-bond donors (Lipinski definition) is 1. The smallest absolute Gasteiger partial charge is 0.748 e. The standard InChI is InChI=1S/C17H36O4S.K/c1-2-3-11-14-17(18)15-12-9-7-5-4-6-8-10-13-16-22(19,20)21;/h17-18H,2-16H2,1H3,(H,19,20,21);/q;+1/p-1. The summed E-state index contributed by atoms with van der Waals surface area (Å²) in [5.74, 6) is -0.215. The molecule has 23 heavy (non-hydrogen) atoms. The molecule has 0 heterocycles. The predicted octanol–water partition coefficient (Wildman–Crippen LogP) is 1.38. The second kappa shape index (κ2) is 18.3. The Hall–Kier alpha value is 1.51. The molecule has 134 valence electrons. The van der Waals surface area contributed by atoms with Gasteiger partial charge >= 0.3 is 51.4 Å². The zero-order chi connectivity index (χ0) is 16.7. The predicted molar refractivity (Wildman–Crippen MR) is 90.9 cm³/mol. The second-order valence-corrected chi connectivity index (χ2v) is 7.91. The third kappa shape index (κ3) is 23.5. The normalized spacial score (nSPS) is 12.8. The Morgan fingerprint density at radius 3 is 1.61 bits per heavy atom. The maximum atomic E-state index is 10.4. The molecule has 0 aromatic heterocycles. The average Bonchev–Trinajstić information content (AvgIpc) is 2.44. The first-order valence-corrected chi connectivity index (χ1v) is 10.6. The van der Waals surface area contributed by atoms with Crippen LogP contribution in [0.4, 0.5) is 0 Å². The minimum atomic E-state index is -4.02. The van der Waals surface area contributed by atoms with Crippen molar-refractivity contribution >= 4 is 10.1 Å². The molecule has 6 heteroatoms. The molecule has 0 aliphatic heterocycles. The van der Waals surface area contributed by atoms with Crippen LogP contribution in [0.2, 0.25) is 0 Å². The van der Waals surface area contributed by atoms with Crippen molar-refractivity contribution in [2.45, 2.75) is 103 Å². The van der Waals surface area contributed by atoms with Crippen LogP contribution in [0, 0.1) is 0 Å². The van der Waals surface area contributed by atoms with E-state index < -0.39 is 10.1 Å². The van der Waals surface area contributed by atoms with E-state index in [4.69, 9.17) is 0 Å². The van der Waals surface area contributed by atoms with Gasteiger partial charge in [-0.1, -0.05) is 77.6 Å². The molecule has 0 spiro atoms. The summed E-state index contributed by atoms with van der Waals surface area (Å²) in [5, 5.41) is 9.79. The summed E-state index contributed by atoms with van der Waals surface area (Å²) in [6.45, 7) is 2.18. The maximum absolute atomic E-state index is 10.4. The Bertz CT molecular complexity index is 333. The Balaban J connectivity index is 0. The molecule has 4 nitrogen and oxygen atoms in total. The summed E-state index contributed by atoms with van der Waals surface area (Å²) in [5.41, 5.74) is 0. The average molecular weight is 375 g/mol. The quantitative estimate of drug-likeness (QED) is 0.251. The van der Waals surface area contributed by atoms with Gasteiger partial charge in [0.1, 0.15) is 0 Å². The molecule has 0 rings (SSSR count). The van der Waals surface area contributed by atoms with Crippen LogP contribution in [-0.4, -0.2) is 29.9 Å². The van der Waals surface area contributed by atoms with Crippen LogP contribution < -0.4 is 51.4 Å². The van der Waals surface area contributed by atoms with Gasteiger partial charge in [-0.15, -0.1) is 0 Å². The topological polar surface area (TPSA) is 77.4 Å². The van der Waals surface area contributed by atoms with Crippen molar-refractivity contribution in [1.82, 2.24) is 0 Å². The largest absolute Gasteiger partial charge is 1.00 e. The second-order valence-electron chi connectivity index (χ2n) is 6.38. The van der Waals surface area contributed by atoms with Crippen LogP contribution in [0.3, 0.4) is 0 Å². The maximum Gasteiger partial charge on any atom is 1.00 e. The van der Waals surface area contributed by atoms with Crippen molar-refractivity contribution in [3.8, 4) is 0 Å². The molecule has 0 fully saturated rings. The van der Waals surface area contributed by atoms with E-state index in [1.807, 2.05) is 0 Å². The Morgan fingerprint density at radius 2 is 1.17 bits per heavy atom. The Morgan fingerprint density at radius 1 is 0.783 bits per heavy atom. The van der Waals surface area contributed by atoms with Gasteiger partial charge in [0.05, 0.1) is 16.2 Å². The van der Waals surface area contributed by atoms with Crippen LogP contribution in [0.5, 0.6) is 0 Å². The van der Waals surface area contributed by atoms with E-state index in [1.54, 1.807) is 0 Å². The summed E-state index contributed by atoms with van der Waals surface area (Å²) in [4.78, 5) is 0. The fraction of sp³-hybridized carbons (Fsp3) is 1.00. The zero-order valence-electron chi connectivity index (χ0n) is 15.3. The van der Waals surface area contributed by atoms with Gasteiger partial charge in [-0.2, -0.15) is 0 Å². The van der Waals surface area contributed by atoms with E-state index in [0.717, 1.165) is 44.9 Å². The van der Waals surface area contributed by atoms with Crippen LogP contribution in [0.15, 0.2) is 0 Å². The molecule has 0 aromatic carbocycles. The van der Waals surface area contributed by atoms with Gasteiger partial charge in [0.25, 0.3) is 0 Å². The Labute approximate surface area is 186 Å². The van der Waals surface area contributed by atoms with Gasteiger partial charge in [0.15, 0.2) is 0 Å². The number of rotatable bonds is 16.